The monoisotopic (exact) mass is 376 g/mol. The zero-order chi connectivity index (χ0) is 14.7. The number of aromatic nitrogens is 1. The maximum Gasteiger partial charge on any atom is 0.290 e. The van der Waals surface area contributed by atoms with Crippen LogP contribution < -0.4 is 22.3 Å². The van der Waals surface area contributed by atoms with Crippen LogP contribution in [0.15, 0.2) is 71.5 Å². The SMILES string of the molecule is O=C(C[n+]1ccc2ccccc2c1)Nc1cccc(Br)c1.[Cl-]. The zero-order valence-corrected chi connectivity index (χ0v) is 14.0. The van der Waals surface area contributed by atoms with Crippen molar-refractivity contribution in [3.05, 3.63) is 71.5 Å². The van der Waals surface area contributed by atoms with Gasteiger partial charge in [0.05, 0.1) is 0 Å². The lowest BCUT2D eigenvalue weighted by molar-refractivity contribution is -0.682. The highest BCUT2D eigenvalue weighted by Gasteiger charge is 2.10. The van der Waals surface area contributed by atoms with Crippen molar-refractivity contribution < 1.29 is 21.8 Å². The van der Waals surface area contributed by atoms with Crippen molar-refractivity contribution in [1.29, 1.82) is 0 Å². The number of hydrogen-bond acceptors (Lipinski definition) is 1. The first-order valence-corrected chi connectivity index (χ1v) is 7.43. The van der Waals surface area contributed by atoms with Gasteiger partial charge in [0, 0.05) is 21.6 Å². The van der Waals surface area contributed by atoms with E-state index in [9.17, 15) is 4.79 Å². The van der Waals surface area contributed by atoms with Crippen molar-refractivity contribution in [3.63, 3.8) is 0 Å². The maximum atomic E-state index is 12.1. The number of hydrogen-bond donors (Lipinski definition) is 1. The molecule has 0 fully saturated rings. The largest absolute Gasteiger partial charge is 1.00 e. The highest BCUT2D eigenvalue weighted by molar-refractivity contribution is 9.10. The fourth-order valence-electron chi connectivity index (χ4n) is 2.21. The van der Waals surface area contributed by atoms with Crippen LogP contribution in [-0.2, 0) is 11.3 Å². The van der Waals surface area contributed by atoms with Crippen LogP contribution in [0.3, 0.4) is 0 Å². The van der Waals surface area contributed by atoms with Crippen molar-refractivity contribution in [3.8, 4) is 0 Å². The lowest BCUT2D eigenvalue weighted by Crippen LogP contribution is -3.00. The second kappa shape index (κ2) is 7.38. The first kappa shape index (κ1) is 16.5. The Labute approximate surface area is 143 Å². The second-order valence-electron chi connectivity index (χ2n) is 4.80. The molecule has 5 heteroatoms. The molecule has 3 aromatic rings. The van der Waals surface area contributed by atoms with Gasteiger partial charge in [-0.2, -0.15) is 4.57 Å². The number of amides is 1. The second-order valence-corrected chi connectivity index (χ2v) is 5.72. The predicted molar refractivity (Wildman–Crippen MR) is 86.9 cm³/mol. The molecule has 0 aliphatic rings. The number of anilines is 1. The standard InChI is InChI=1S/C17H13BrN2O.ClH/c18-15-6-3-7-16(10-15)19-17(21)12-20-9-8-13-4-1-2-5-14(13)11-20;/h1-11H,12H2;1H. The van der Waals surface area contributed by atoms with E-state index in [2.05, 4.69) is 27.3 Å². The molecule has 0 spiro atoms. The molecule has 112 valence electrons. The minimum atomic E-state index is -0.0478. The van der Waals surface area contributed by atoms with Crippen LogP contribution in [0.1, 0.15) is 0 Å². The molecule has 1 amide bonds. The summed E-state index contributed by atoms with van der Waals surface area (Å²) in [6.07, 6.45) is 3.90. The van der Waals surface area contributed by atoms with Gasteiger partial charge in [-0.05, 0) is 29.7 Å². The number of carbonyl (C=O) groups excluding carboxylic acids is 1. The smallest absolute Gasteiger partial charge is 0.290 e. The quantitative estimate of drug-likeness (QED) is 0.664. The van der Waals surface area contributed by atoms with E-state index in [1.807, 2.05) is 65.5 Å². The van der Waals surface area contributed by atoms with E-state index in [0.717, 1.165) is 15.5 Å². The van der Waals surface area contributed by atoms with E-state index in [4.69, 9.17) is 0 Å². The number of carbonyl (C=O) groups is 1. The van der Waals surface area contributed by atoms with Crippen molar-refractivity contribution in [1.82, 2.24) is 0 Å². The topological polar surface area (TPSA) is 33.0 Å². The number of halogens is 2. The number of nitrogens with one attached hydrogen (secondary N) is 1. The van der Waals surface area contributed by atoms with Gasteiger partial charge < -0.3 is 17.7 Å². The minimum absolute atomic E-state index is 0. The molecule has 0 aliphatic heterocycles. The summed E-state index contributed by atoms with van der Waals surface area (Å²) in [6.45, 7) is 0.289. The van der Waals surface area contributed by atoms with Crippen LogP contribution >= 0.6 is 15.9 Å². The molecule has 2 aromatic carbocycles. The molecule has 0 aliphatic carbocycles. The van der Waals surface area contributed by atoms with Crippen LogP contribution in [0.25, 0.3) is 10.8 Å². The van der Waals surface area contributed by atoms with Gasteiger partial charge in [-0.25, -0.2) is 0 Å². The summed E-state index contributed by atoms with van der Waals surface area (Å²) < 4.78 is 2.83. The van der Waals surface area contributed by atoms with Crippen LogP contribution in [-0.4, -0.2) is 5.91 Å². The number of benzene rings is 2. The van der Waals surface area contributed by atoms with Gasteiger partial charge in [0.25, 0.3) is 5.91 Å². The lowest BCUT2D eigenvalue weighted by atomic mass is 10.2. The van der Waals surface area contributed by atoms with Gasteiger partial charge in [-0.15, -0.1) is 0 Å². The van der Waals surface area contributed by atoms with Crippen molar-refractivity contribution >= 4 is 38.3 Å². The summed E-state index contributed by atoms with van der Waals surface area (Å²) in [5, 5.41) is 5.18. The third kappa shape index (κ3) is 4.06. The molecular weight excluding hydrogens is 364 g/mol. The number of pyridine rings is 1. The summed E-state index contributed by atoms with van der Waals surface area (Å²) in [4.78, 5) is 12.1. The van der Waals surface area contributed by atoms with E-state index in [1.165, 1.54) is 5.39 Å². The number of fused-ring (bicyclic) bond motifs is 1. The van der Waals surface area contributed by atoms with E-state index in [0.29, 0.717) is 0 Å². The molecule has 0 radical (unpaired) electrons. The van der Waals surface area contributed by atoms with Crippen molar-refractivity contribution in [2.45, 2.75) is 6.54 Å². The third-order valence-electron chi connectivity index (χ3n) is 3.18. The molecule has 1 N–H and O–H groups in total. The summed E-state index contributed by atoms with van der Waals surface area (Å²) in [5.74, 6) is -0.0478. The van der Waals surface area contributed by atoms with Crippen LogP contribution in [0.4, 0.5) is 5.69 Å². The first-order valence-electron chi connectivity index (χ1n) is 6.64. The Morgan fingerprint density at radius 2 is 1.82 bits per heavy atom. The molecule has 3 nitrogen and oxygen atoms in total. The van der Waals surface area contributed by atoms with Gasteiger partial charge in [-0.1, -0.05) is 40.2 Å². The molecular formula is C17H14BrClN2O. The van der Waals surface area contributed by atoms with Crippen molar-refractivity contribution in [2.24, 2.45) is 0 Å². The van der Waals surface area contributed by atoms with Gasteiger partial charge in [-0.3, -0.25) is 4.79 Å². The summed E-state index contributed by atoms with van der Waals surface area (Å²) in [6, 6.07) is 17.7. The molecule has 0 saturated carbocycles. The molecule has 22 heavy (non-hydrogen) atoms. The Morgan fingerprint density at radius 1 is 1.05 bits per heavy atom. The molecule has 0 unspecified atom stereocenters. The van der Waals surface area contributed by atoms with Gasteiger partial charge in [0.2, 0.25) is 6.54 Å². The van der Waals surface area contributed by atoms with Crippen molar-refractivity contribution in [2.75, 3.05) is 5.32 Å². The Balaban J connectivity index is 0.00000176. The first-order chi connectivity index (χ1) is 10.2. The summed E-state index contributed by atoms with van der Waals surface area (Å²) >= 11 is 3.39. The summed E-state index contributed by atoms with van der Waals surface area (Å²) in [7, 11) is 0. The number of rotatable bonds is 3. The average molecular weight is 378 g/mol. The van der Waals surface area contributed by atoms with E-state index in [1.54, 1.807) is 0 Å². The van der Waals surface area contributed by atoms with Gasteiger partial charge in [0.15, 0.2) is 12.4 Å². The average Bonchev–Trinajstić information content (AvgIpc) is 2.47. The minimum Gasteiger partial charge on any atom is -1.00 e. The molecule has 0 atom stereocenters. The number of nitrogens with zero attached hydrogens (tertiary/aromatic N) is 1. The Bertz CT molecular complexity index is 807. The van der Waals surface area contributed by atoms with E-state index >= 15 is 0 Å². The molecule has 0 saturated heterocycles. The lowest BCUT2D eigenvalue weighted by Gasteiger charge is -2.04. The molecule has 1 aromatic heterocycles. The molecule has 3 rings (SSSR count). The van der Waals surface area contributed by atoms with Gasteiger partial charge in [0.1, 0.15) is 0 Å². The predicted octanol–water partition coefficient (Wildman–Crippen LogP) is 0.532. The maximum absolute atomic E-state index is 12.1. The van der Waals surface area contributed by atoms with E-state index < -0.39 is 0 Å². The molecule has 1 heterocycles. The Morgan fingerprint density at radius 3 is 2.59 bits per heavy atom. The summed E-state index contributed by atoms with van der Waals surface area (Å²) in [5.41, 5.74) is 0.788. The highest BCUT2D eigenvalue weighted by Crippen LogP contribution is 2.15. The van der Waals surface area contributed by atoms with E-state index in [-0.39, 0.29) is 24.9 Å². The van der Waals surface area contributed by atoms with Crippen LogP contribution in [0.5, 0.6) is 0 Å². The Hall–Kier alpha value is -1.91. The normalized spacial score (nSPS) is 10.0. The van der Waals surface area contributed by atoms with Crippen LogP contribution in [0, 0.1) is 0 Å². The Kier molecular flexibility index (Phi) is 5.52. The van der Waals surface area contributed by atoms with Gasteiger partial charge >= 0.3 is 0 Å². The third-order valence-corrected chi connectivity index (χ3v) is 3.67. The fourth-order valence-corrected chi connectivity index (χ4v) is 2.61. The molecule has 0 bridgehead atoms. The highest BCUT2D eigenvalue weighted by atomic mass is 79.9. The van der Waals surface area contributed by atoms with Crippen LogP contribution in [0.2, 0.25) is 0 Å². The fraction of sp³-hybridized carbons (Fsp3) is 0.0588. The zero-order valence-electron chi connectivity index (χ0n) is 11.7.